The molecule has 0 aromatic carbocycles. The van der Waals surface area contributed by atoms with Crippen molar-refractivity contribution in [3.8, 4) is 0 Å². The van der Waals surface area contributed by atoms with Crippen LogP contribution in [0.25, 0.3) is 0 Å². The van der Waals surface area contributed by atoms with E-state index in [1.54, 1.807) is 19.1 Å². The van der Waals surface area contributed by atoms with E-state index >= 15 is 0 Å². The predicted molar refractivity (Wildman–Crippen MR) is 63.7 cm³/mol. The van der Waals surface area contributed by atoms with Crippen LogP contribution in [-0.2, 0) is 14.3 Å². The summed E-state index contributed by atoms with van der Waals surface area (Å²) < 4.78 is 4.85. The van der Waals surface area contributed by atoms with Crippen LogP contribution in [0.4, 0.5) is 5.82 Å². The molecule has 0 radical (unpaired) electrons. The van der Waals surface area contributed by atoms with Gasteiger partial charge >= 0.3 is 5.97 Å². The molecule has 1 heterocycles. The van der Waals surface area contributed by atoms with Gasteiger partial charge in [0.15, 0.2) is 6.10 Å². The summed E-state index contributed by atoms with van der Waals surface area (Å²) in [5.74, 6) is -0.489. The Kier molecular flexibility index (Phi) is 4.90. The van der Waals surface area contributed by atoms with Crippen LogP contribution in [0.5, 0.6) is 0 Å². The summed E-state index contributed by atoms with van der Waals surface area (Å²) in [6.07, 6.45) is 0.802. The van der Waals surface area contributed by atoms with Crippen LogP contribution < -0.4 is 5.32 Å². The Morgan fingerprint density at radius 2 is 2.24 bits per heavy atom. The summed E-state index contributed by atoms with van der Waals surface area (Å²) in [5, 5.41) is 2.99. The molecule has 1 amide bonds. The van der Waals surface area contributed by atoms with Gasteiger partial charge in [-0.05, 0) is 19.1 Å². The van der Waals surface area contributed by atoms with Crippen LogP contribution in [-0.4, -0.2) is 23.0 Å². The molecule has 0 spiro atoms. The zero-order chi connectivity index (χ0) is 12.8. The highest BCUT2D eigenvalue weighted by Gasteiger charge is 2.17. The van der Waals surface area contributed by atoms with Crippen LogP contribution in [0.3, 0.4) is 0 Å². The Labute approximate surface area is 104 Å². The van der Waals surface area contributed by atoms with E-state index in [-0.39, 0.29) is 6.42 Å². The molecule has 0 fully saturated rings. The van der Waals surface area contributed by atoms with Crippen LogP contribution >= 0.6 is 11.6 Å². The zero-order valence-corrected chi connectivity index (χ0v) is 10.3. The number of pyridine rings is 1. The molecular formula is C11H13ClN2O3. The van der Waals surface area contributed by atoms with Crippen molar-refractivity contribution in [1.29, 1.82) is 0 Å². The Balaban J connectivity index is 2.54. The van der Waals surface area contributed by atoms with E-state index in [9.17, 15) is 9.59 Å². The van der Waals surface area contributed by atoms with Crippen LogP contribution in [0, 0.1) is 0 Å². The molecule has 0 bridgehead atoms. The smallest absolute Gasteiger partial charge is 0.306 e. The fraction of sp³-hybridized carbons (Fsp3) is 0.364. The van der Waals surface area contributed by atoms with Crippen LogP contribution in [0.1, 0.15) is 20.3 Å². The first-order valence-electron chi connectivity index (χ1n) is 5.14. The van der Waals surface area contributed by atoms with Gasteiger partial charge in [0.2, 0.25) is 0 Å². The Bertz CT molecular complexity index is 406. The predicted octanol–water partition coefficient (Wildman–Crippen LogP) is 2.02. The maximum Gasteiger partial charge on any atom is 0.306 e. The number of esters is 1. The summed E-state index contributed by atoms with van der Waals surface area (Å²) in [6.45, 7) is 3.16. The quantitative estimate of drug-likeness (QED) is 0.837. The van der Waals surface area contributed by atoms with Crippen molar-refractivity contribution in [2.75, 3.05) is 5.32 Å². The number of halogens is 1. The lowest BCUT2D eigenvalue weighted by Gasteiger charge is -2.12. The van der Waals surface area contributed by atoms with Crippen molar-refractivity contribution >= 4 is 29.3 Å². The summed E-state index contributed by atoms with van der Waals surface area (Å²) in [4.78, 5) is 26.5. The molecule has 1 N–H and O–H groups in total. The van der Waals surface area contributed by atoms with Gasteiger partial charge in [-0.2, -0.15) is 0 Å². The van der Waals surface area contributed by atoms with Crippen molar-refractivity contribution in [3.05, 3.63) is 23.4 Å². The number of aromatic nitrogens is 1. The van der Waals surface area contributed by atoms with E-state index in [0.717, 1.165) is 0 Å². The highest BCUT2D eigenvalue weighted by atomic mass is 35.5. The lowest BCUT2D eigenvalue weighted by atomic mass is 10.3. The molecule has 0 aliphatic heterocycles. The largest absolute Gasteiger partial charge is 0.453 e. The maximum absolute atomic E-state index is 11.6. The molecule has 1 atom stereocenters. The number of hydrogen-bond donors (Lipinski definition) is 1. The average Bonchev–Trinajstić information content (AvgIpc) is 2.31. The molecule has 0 saturated heterocycles. The Morgan fingerprint density at radius 1 is 1.53 bits per heavy atom. The van der Waals surface area contributed by atoms with Gasteiger partial charge in [0.25, 0.3) is 5.91 Å². The first-order chi connectivity index (χ1) is 8.02. The van der Waals surface area contributed by atoms with Crippen molar-refractivity contribution < 1.29 is 14.3 Å². The summed E-state index contributed by atoms with van der Waals surface area (Å²) in [6, 6.07) is 3.17. The SMILES string of the molecule is CCC(=O)O[C@@H](C)C(=O)Nc1ccc(Cl)cn1. The lowest BCUT2D eigenvalue weighted by Crippen LogP contribution is -2.30. The van der Waals surface area contributed by atoms with E-state index in [2.05, 4.69) is 10.3 Å². The molecule has 1 aromatic rings. The number of ether oxygens (including phenoxy) is 1. The molecule has 1 rings (SSSR count). The fourth-order valence-electron chi connectivity index (χ4n) is 1.01. The first-order valence-corrected chi connectivity index (χ1v) is 5.52. The zero-order valence-electron chi connectivity index (χ0n) is 9.57. The van der Waals surface area contributed by atoms with Gasteiger partial charge in [0.1, 0.15) is 5.82 Å². The van der Waals surface area contributed by atoms with Crippen molar-refractivity contribution in [1.82, 2.24) is 4.98 Å². The average molecular weight is 257 g/mol. The summed E-state index contributed by atoms with van der Waals surface area (Å²) >= 11 is 5.65. The normalized spacial score (nSPS) is 11.7. The van der Waals surface area contributed by atoms with Gasteiger partial charge in [-0.15, -0.1) is 0 Å². The van der Waals surface area contributed by atoms with E-state index in [1.165, 1.54) is 13.1 Å². The van der Waals surface area contributed by atoms with Gasteiger partial charge in [-0.3, -0.25) is 9.59 Å². The Hall–Kier alpha value is -1.62. The molecular weight excluding hydrogens is 244 g/mol. The third-order valence-corrected chi connectivity index (χ3v) is 2.17. The van der Waals surface area contributed by atoms with Gasteiger partial charge in [0, 0.05) is 12.6 Å². The highest BCUT2D eigenvalue weighted by Crippen LogP contribution is 2.10. The standard InChI is InChI=1S/C11H13ClN2O3/c1-3-10(15)17-7(2)11(16)14-9-5-4-8(12)6-13-9/h4-7H,3H2,1-2H3,(H,13,14,16)/t7-/m0/s1. The van der Waals surface area contributed by atoms with Crippen molar-refractivity contribution in [2.24, 2.45) is 0 Å². The molecule has 1 aromatic heterocycles. The minimum Gasteiger partial charge on any atom is -0.453 e. The van der Waals surface area contributed by atoms with E-state index < -0.39 is 18.0 Å². The van der Waals surface area contributed by atoms with Gasteiger partial charge in [-0.1, -0.05) is 18.5 Å². The molecule has 0 saturated carbocycles. The minimum atomic E-state index is -0.847. The Morgan fingerprint density at radius 3 is 2.76 bits per heavy atom. The van der Waals surface area contributed by atoms with Gasteiger partial charge in [0.05, 0.1) is 5.02 Å². The van der Waals surface area contributed by atoms with Crippen LogP contribution in [0.15, 0.2) is 18.3 Å². The molecule has 92 valence electrons. The third-order valence-electron chi connectivity index (χ3n) is 1.94. The number of anilines is 1. The summed E-state index contributed by atoms with van der Waals surface area (Å²) in [7, 11) is 0. The van der Waals surface area contributed by atoms with E-state index in [0.29, 0.717) is 10.8 Å². The number of carbonyl (C=O) groups is 2. The second kappa shape index (κ2) is 6.20. The highest BCUT2D eigenvalue weighted by molar-refractivity contribution is 6.30. The van der Waals surface area contributed by atoms with Crippen LogP contribution in [0.2, 0.25) is 5.02 Å². The molecule has 17 heavy (non-hydrogen) atoms. The number of nitrogens with zero attached hydrogens (tertiary/aromatic N) is 1. The molecule has 0 unspecified atom stereocenters. The van der Waals surface area contributed by atoms with E-state index in [1.807, 2.05) is 0 Å². The molecule has 0 aliphatic rings. The number of rotatable bonds is 4. The van der Waals surface area contributed by atoms with Gasteiger partial charge < -0.3 is 10.1 Å². The second-order valence-electron chi connectivity index (χ2n) is 3.34. The summed E-state index contributed by atoms with van der Waals surface area (Å²) in [5.41, 5.74) is 0. The van der Waals surface area contributed by atoms with Crippen molar-refractivity contribution in [2.45, 2.75) is 26.4 Å². The number of hydrogen-bond acceptors (Lipinski definition) is 4. The fourth-order valence-corrected chi connectivity index (χ4v) is 1.12. The third kappa shape index (κ3) is 4.40. The number of amides is 1. The topological polar surface area (TPSA) is 68.3 Å². The minimum absolute atomic E-state index is 0.233. The number of carbonyl (C=O) groups excluding carboxylic acids is 2. The maximum atomic E-state index is 11.6. The van der Waals surface area contributed by atoms with Crippen molar-refractivity contribution in [3.63, 3.8) is 0 Å². The number of nitrogens with one attached hydrogen (secondary N) is 1. The second-order valence-corrected chi connectivity index (χ2v) is 3.77. The molecule has 6 heteroatoms. The van der Waals surface area contributed by atoms with Gasteiger partial charge in [-0.25, -0.2) is 4.98 Å². The monoisotopic (exact) mass is 256 g/mol. The molecule has 5 nitrogen and oxygen atoms in total. The molecule has 0 aliphatic carbocycles. The van der Waals surface area contributed by atoms with E-state index in [4.69, 9.17) is 16.3 Å². The lowest BCUT2D eigenvalue weighted by molar-refractivity contribution is -0.152. The first kappa shape index (κ1) is 13.4.